The van der Waals surface area contributed by atoms with Crippen LogP contribution in [0, 0.1) is 19.7 Å². The smallest absolute Gasteiger partial charge is 0.248 e. The zero-order chi connectivity index (χ0) is 20.4. The van der Waals surface area contributed by atoms with Crippen molar-refractivity contribution in [2.45, 2.75) is 33.2 Å². The van der Waals surface area contributed by atoms with E-state index in [1.165, 1.54) is 12.1 Å². The SMILES string of the molecule is CC[C@H](C(=O)Nc1cc(C)cc(C)c1)N(c1ccc(F)c(Cl)c1)S(C)(=O)=O. The van der Waals surface area contributed by atoms with Gasteiger partial charge in [0.25, 0.3) is 0 Å². The Labute approximate surface area is 164 Å². The van der Waals surface area contributed by atoms with Gasteiger partial charge >= 0.3 is 0 Å². The highest BCUT2D eigenvalue weighted by atomic mass is 35.5. The van der Waals surface area contributed by atoms with Crippen molar-refractivity contribution in [2.75, 3.05) is 15.9 Å². The summed E-state index contributed by atoms with van der Waals surface area (Å²) in [5, 5.41) is 2.55. The van der Waals surface area contributed by atoms with Crippen LogP contribution in [0.5, 0.6) is 0 Å². The summed E-state index contributed by atoms with van der Waals surface area (Å²) in [6.45, 7) is 5.52. The zero-order valence-electron chi connectivity index (χ0n) is 15.6. The molecule has 5 nitrogen and oxygen atoms in total. The van der Waals surface area contributed by atoms with Crippen LogP contribution in [0.3, 0.4) is 0 Å². The minimum absolute atomic E-state index is 0.131. The van der Waals surface area contributed by atoms with Gasteiger partial charge in [-0.05, 0) is 61.7 Å². The highest BCUT2D eigenvalue weighted by molar-refractivity contribution is 7.92. The summed E-state index contributed by atoms with van der Waals surface area (Å²) in [6, 6.07) is 8.12. The van der Waals surface area contributed by atoms with Crippen LogP contribution in [-0.2, 0) is 14.8 Å². The molecule has 0 fully saturated rings. The van der Waals surface area contributed by atoms with Crippen molar-refractivity contribution >= 4 is 38.9 Å². The fraction of sp³-hybridized carbons (Fsp3) is 0.316. The van der Waals surface area contributed by atoms with Gasteiger partial charge < -0.3 is 5.32 Å². The number of carbonyl (C=O) groups excluding carboxylic acids is 1. The Bertz CT molecular complexity index is 943. The molecule has 8 heteroatoms. The van der Waals surface area contributed by atoms with Crippen molar-refractivity contribution in [2.24, 2.45) is 0 Å². The average Bonchev–Trinajstić information content (AvgIpc) is 2.53. The predicted molar refractivity (Wildman–Crippen MR) is 107 cm³/mol. The number of aryl methyl sites for hydroxylation is 2. The Kier molecular flexibility index (Phi) is 6.49. The van der Waals surface area contributed by atoms with Gasteiger partial charge in [0.05, 0.1) is 17.0 Å². The topological polar surface area (TPSA) is 66.5 Å². The van der Waals surface area contributed by atoms with Crippen LogP contribution < -0.4 is 9.62 Å². The molecule has 27 heavy (non-hydrogen) atoms. The Morgan fingerprint density at radius 1 is 1.19 bits per heavy atom. The fourth-order valence-electron chi connectivity index (χ4n) is 2.95. The lowest BCUT2D eigenvalue weighted by Crippen LogP contribution is -2.47. The van der Waals surface area contributed by atoms with Gasteiger partial charge in [-0.1, -0.05) is 24.6 Å². The van der Waals surface area contributed by atoms with E-state index in [4.69, 9.17) is 11.6 Å². The van der Waals surface area contributed by atoms with Gasteiger partial charge in [-0.15, -0.1) is 0 Å². The lowest BCUT2D eigenvalue weighted by atomic mass is 10.1. The molecule has 0 saturated carbocycles. The summed E-state index contributed by atoms with van der Waals surface area (Å²) in [5.41, 5.74) is 2.67. The Balaban J connectivity index is 2.42. The third-order valence-corrected chi connectivity index (χ3v) is 5.45. The Morgan fingerprint density at radius 2 is 1.78 bits per heavy atom. The van der Waals surface area contributed by atoms with E-state index in [-0.39, 0.29) is 17.1 Å². The molecule has 0 radical (unpaired) electrons. The van der Waals surface area contributed by atoms with Crippen LogP contribution in [0.2, 0.25) is 5.02 Å². The molecule has 1 amide bonds. The molecule has 2 aromatic rings. The molecular weight excluding hydrogens is 391 g/mol. The second-order valence-electron chi connectivity index (χ2n) is 6.45. The van der Waals surface area contributed by atoms with Gasteiger partial charge in [-0.25, -0.2) is 12.8 Å². The minimum Gasteiger partial charge on any atom is -0.324 e. The monoisotopic (exact) mass is 412 g/mol. The molecule has 0 aromatic heterocycles. The maximum atomic E-state index is 13.5. The van der Waals surface area contributed by atoms with Crippen molar-refractivity contribution in [3.8, 4) is 0 Å². The molecule has 146 valence electrons. The number of halogens is 2. The van der Waals surface area contributed by atoms with Crippen molar-refractivity contribution in [3.63, 3.8) is 0 Å². The first-order chi connectivity index (χ1) is 12.5. The first kappa shape index (κ1) is 21.2. The summed E-state index contributed by atoms with van der Waals surface area (Å²) in [7, 11) is -3.82. The van der Waals surface area contributed by atoms with E-state index in [1.54, 1.807) is 19.1 Å². The molecule has 1 N–H and O–H groups in total. The summed E-state index contributed by atoms with van der Waals surface area (Å²) in [4.78, 5) is 12.9. The molecule has 0 aliphatic carbocycles. The third-order valence-electron chi connectivity index (χ3n) is 3.98. The zero-order valence-corrected chi connectivity index (χ0v) is 17.2. The van der Waals surface area contributed by atoms with E-state index < -0.39 is 27.8 Å². The molecular formula is C19H22ClFN2O3S. The van der Waals surface area contributed by atoms with Crippen LogP contribution >= 0.6 is 11.6 Å². The molecule has 2 aromatic carbocycles. The molecule has 0 unspecified atom stereocenters. The highest BCUT2D eigenvalue weighted by Crippen LogP contribution is 2.28. The molecule has 0 bridgehead atoms. The number of hydrogen-bond acceptors (Lipinski definition) is 3. The van der Waals surface area contributed by atoms with Crippen LogP contribution in [0.15, 0.2) is 36.4 Å². The minimum atomic E-state index is -3.82. The number of hydrogen-bond donors (Lipinski definition) is 1. The van der Waals surface area contributed by atoms with Crippen LogP contribution in [-0.4, -0.2) is 26.6 Å². The van der Waals surface area contributed by atoms with Crippen molar-refractivity contribution in [1.82, 2.24) is 0 Å². The summed E-state index contributed by atoms with van der Waals surface area (Å²) in [6.07, 6.45) is 1.22. The van der Waals surface area contributed by atoms with Crippen molar-refractivity contribution in [3.05, 3.63) is 58.4 Å². The largest absolute Gasteiger partial charge is 0.324 e. The number of benzene rings is 2. The van der Waals surface area contributed by atoms with E-state index in [0.717, 1.165) is 27.8 Å². The van der Waals surface area contributed by atoms with Crippen molar-refractivity contribution in [1.29, 1.82) is 0 Å². The molecule has 1 atom stereocenters. The quantitative estimate of drug-likeness (QED) is 0.770. The van der Waals surface area contributed by atoms with Gasteiger partial charge in [0.15, 0.2) is 0 Å². The first-order valence-electron chi connectivity index (χ1n) is 8.36. The molecule has 0 heterocycles. The number of sulfonamides is 1. The van der Waals surface area contributed by atoms with Gasteiger partial charge in [-0.2, -0.15) is 0 Å². The maximum Gasteiger partial charge on any atom is 0.248 e. The van der Waals surface area contributed by atoms with E-state index in [0.29, 0.717) is 5.69 Å². The number of amides is 1. The van der Waals surface area contributed by atoms with Crippen LogP contribution in [0.1, 0.15) is 24.5 Å². The second-order valence-corrected chi connectivity index (χ2v) is 8.71. The van der Waals surface area contributed by atoms with Gasteiger partial charge in [0, 0.05) is 5.69 Å². The number of nitrogens with zero attached hydrogens (tertiary/aromatic N) is 1. The highest BCUT2D eigenvalue weighted by Gasteiger charge is 2.32. The Hall–Kier alpha value is -2.12. The lowest BCUT2D eigenvalue weighted by molar-refractivity contribution is -0.117. The second kappa shape index (κ2) is 8.27. The fourth-order valence-corrected chi connectivity index (χ4v) is 4.33. The average molecular weight is 413 g/mol. The van der Waals surface area contributed by atoms with Gasteiger partial charge in [-0.3, -0.25) is 9.10 Å². The van der Waals surface area contributed by atoms with E-state index in [9.17, 15) is 17.6 Å². The van der Waals surface area contributed by atoms with E-state index in [2.05, 4.69) is 5.32 Å². The molecule has 2 rings (SSSR count). The van der Waals surface area contributed by atoms with Crippen molar-refractivity contribution < 1.29 is 17.6 Å². The number of carbonyl (C=O) groups is 1. The number of rotatable bonds is 6. The van der Waals surface area contributed by atoms with Crippen LogP contribution in [0.4, 0.5) is 15.8 Å². The summed E-state index contributed by atoms with van der Waals surface area (Å²) >= 11 is 5.80. The molecule has 0 aliphatic heterocycles. The first-order valence-corrected chi connectivity index (χ1v) is 10.6. The number of anilines is 2. The van der Waals surface area contributed by atoms with E-state index >= 15 is 0 Å². The normalized spacial score (nSPS) is 12.5. The van der Waals surface area contributed by atoms with Gasteiger partial charge in [0.2, 0.25) is 15.9 Å². The summed E-state index contributed by atoms with van der Waals surface area (Å²) < 4.78 is 39.3. The molecule has 0 aliphatic rings. The molecule has 0 saturated heterocycles. The third kappa shape index (κ3) is 5.20. The number of nitrogens with one attached hydrogen (secondary N) is 1. The standard InChI is InChI=1S/C19H22ClFN2O3S/c1-5-18(19(24)22-14-9-12(2)8-13(3)10-14)23(27(4,25)26)15-6-7-17(21)16(20)11-15/h6-11,18H,5H2,1-4H3,(H,22,24)/t18-/m1/s1. The Morgan fingerprint density at radius 3 is 2.26 bits per heavy atom. The predicted octanol–water partition coefficient (Wildman–Crippen LogP) is 4.28. The van der Waals surface area contributed by atoms with Gasteiger partial charge in [0.1, 0.15) is 11.9 Å². The molecule has 0 spiro atoms. The summed E-state index contributed by atoms with van der Waals surface area (Å²) in [5.74, 6) is -1.14. The van der Waals surface area contributed by atoms with Crippen LogP contribution in [0.25, 0.3) is 0 Å². The van der Waals surface area contributed by atoms with E-state index in [1.807, 2.05) is 19.9 Å². The maximum absolute atomic E-state index is 13.5. The lowest BCUT2D eigenvalue weighted by Gasteiger charge is -2.30.